The van der Waals surface area contributed by atoms with E-state index in [1.165, 1.54) is 37.7 Å². The van der Waals surface area contributed by atoms with E-state index >= 15 is 0 Å². The molecule has 0 aliphatic heterocycles. The maximum absolute atomic E-state index is 6.04. The van der Waals surface area contributed by atoms with Crippen molar-refractivity contribution in [1.82, 2.24) is 0 Å². The zero-order valence-corrected chi connectivity index (χ0v) is 9.58. The first-order valence-electron chi connectivity index (χ1n) is 6.15. The van der Waals surface area contributed by atoms with Gasteiger partial charge in [0.25, 0.3) is 0 Å². The summed E-state index contributed by atoms with van der Waals surface area (Å²) in [6.07, 6.45) is 6.77. The van der Waals surface area contributed by atoms with E-state index in [0.29, 0.717) is 5.92 Å². The Balaban J connectivity index is 2.13. The molecule has 0 aromatic heterocycles. The lowest BCUT2D eigenvalue weighted by Gasteiger charge is -2.29. The number of benzene rings is 1. The highest BCUT2D eigenvalue weighted by molar-refractivity contribution is 5.48. The molecule has 1 nitrogen and oxygen atoms in total. The number of hydrogen-bond acceptors (Lipinski definition) is 1. The average molecular weight is 203 g/mol. The molecular weight excluding hydrogens is 182 g/mol. The van der Waals surface area contributed by atoms with E-state index in [0.717, 1.165) is 11.6 Å². The van der Waals surface area contributed by atoms with Crippen molar-refractivity contribution in [3.05, 3.63) is 29.8 Å². The fraction of sp³-hybridized carbons (Fsp3) is 0.571. The largest absolute Gasteiger partial charge is 0.398 e. The van der Waals surface area contributed by atoms with Crippen LogP contribution in [0, 0.1) is 5.92 Å². The summed E-state index contributed by atoms with van der Waals surface area (Å²) in [6.45, 7) is 2.31. The number of para-hydroxylation sites is 1. The Kier molecular flexibility index (Phi) is 3.30. The zero-order valence-electron chi connectivity index (χ0n) is 9.58. The van der Waals surface area contributed by atoms with Gasteiger partial charge in [-0.3, -0.25) is 0 Å². The van der Waals surface area contributed by atoms with Gasteiger partial charge in [-0.05, 0) is 36.3 Å². The summed E-state index contributed by atoms with van der Waals surface area (Å²) in [7, 11) is 0. The molecule has 82 valence electrons. The molecule has 1 aromatic rings. The zero-order chi connectivity index (χ0) is 10.7. The summed E-state index contributed by atoms with van der Waals surface area (Å²) < 4.78 is 0. The average Bonchev–Trinajstić information content (AvgIpc) is 2.30. The predicted octanol–water partition coefficient (Wildman–Crippen LogP) is 3.95. The van der Waals surface area contributed by atoms with E-state index in [1.807, 2.05) is 12.1 Å². The third-order valence-electron chi connectivity index (χ3n) is 3.80. The second-order valence-corrected chi connectivity index (χ2v) is 4.77. The fourth-order valence-electron chi connectivity index (χ4n) is 2.83. The van der Waals surface area contributed by atoms with Crippen molar-refractivity contribution in [1.29, 1.82) is 0 Å². The second kappa shape index (κ2) is 4.69. The summed E-state index contributed by atoms with van der Waals surface area (Å²) in [5.74, 6) is 1.63. The topological polar surface area (TPSA) is 26.0 Å². The van der Waals surface area contributed by atoms with Crippen LogP contribution in [0.25, 0.3) is 0 Å². The van der Waals surface area contributed by atoms with Crippen molar-refractivity contribution < 1.29 is 0 Å². The normalized spacial score (nSPS) is 26.5. The molecule has 0 saturated heterocycles. The summed E-state index contributed by atoms with van der Waals surface area (Å²) in [5.41, 5.74) is 8.41. The molecule has 0 amide bonds. The van der Waals surface area contributed by atoms with Crippen LogP contribution in [-0.2, 0) is 0 Å². The Labute approximate surface area is 92.7 Å². The fourth-order valence-corrected chi connectivity index (χ4v) is 2.83. The van der Waals surface area contributed by atoms with Crippen LogP contribution in [0.15, 0.2) is 24.3 Å². The SMILES string of the molecule is CC[C@@H]1CCC[C@@H](c2ccccc2N)C1. The predicted molar refractivity (Wildman–Crippen MR) is 65.8 cm³/mol. The lowest BCUT2D eigenvalue weighted by atomic mass is 9.77. The van der Waals surface area contributed by atoms with Crippen LogP contribution in [0.5, 0.6) is 0 Å². The van der Waals surface area contributed by atoms with Crippen molar-refractivity contribution in [3.8, 4) is 0 Å². The number of hydrogen-bond donors (Lipinski definition) is 1. The van der Waals surface area contributed by atoms with Gasteiger partial charge in [-0.1, -0.05) is 44.4 Å². The summed E-state index contributed by atoms with van der Waals surface area (Å²) in [5, 5.41) is 0. The van der Waals surface area contributed by atoms with Gasteiger partial charge < -0.3 is 5.73 Å². The van der Waals surface area contributed by atoms with Gasteiger partial charge in [0.15, 0.2) is 0 Å². The highest BCUT2D eigenvalue weighted by Gasteiger charge is 2.22. The highest BCUT2D eigenvalue weighted by atomic mass is 14.6. The third-order valence-corrected chi connectivity index (χ3v) is 3.80. The number of rotatable bonds is 2. The molecule has 0 radical (unpaired) electrons. The Morgan fingerprint density at radius 3 is 2.80 bits per heavy atom. The molecule has 1 aliphatic carbocycles. The van der Waals surface area contributed by atoms with Crippen molar-refractivity contribution in [2.75, 3.05) is 5.73 Å². The van der Waals surface area contributed by atoms with Gasteiger partial charge in [-0.25, -0.2) is 0 Å². The Bertz CT molecular complexity index is 319. The van der Waals surface area contributed by atoms with Crippen molar-refractivity contribution in [2.45, 2.75) is 44.9 Å². The minimum Gasteiger partial charge on any atom is -0.398 e. The van der Waals surface area contributed by atoms with Gasteiger partial charge in [0.2, 0.25) is 0 Å². The Morgan fingerprint density at radius 1 is 1.27 bits per heavy atom. The lowest BCUT2D eigenvalue weighted by molar-refractivity contribution is 0.315. The Morgan fingerprint density at radius 2 is 2.07 bits per heavy atom. The molecule has 1 saturated carbocycles. The van der Waals surface area contributed by atoms with Crippen LogP contribution >= 0.6 is 0 Å². The van der Waals surface area contributed by atoms with Gasteiger partial charge in [0.05, 0.1) is 0 Å². The van der Waals surface area contributed by atoms with E-state index in [2.05, 4.69) is 19.1 Å². The van der Waals surface area contributed by atoms with Gasteiger partial charge >= 0.3 is 0 Å². The van der Waals surface area contributed by atoms with Gasteiger partial charge in [-0.2, -0.15) is 0 Å². The van der Waals surface area contributed by atoms with Crippen LogP contribution in [-0.4, -0.2) is 0 Å². The molecule has 1 fully saturated rings. The Hall–Kier alpha value is -0.980. The molecule has 0 bridgehead atoms. The second-order valence-electron chi connectivity index (χ2n) is 4.77. The van der Waals surface area contributed by atoms with E-state index in [4.69, 9.17) is 5.73 Å². The van der Waals surface area contributed by atoms with Crippen LogP contribution in [0.2, 0.25) is 0 Å². The van der Waals surface area contributed by atoms with E-state index in [-0.39, 0.29) is 0 Å². The highest BCUT2D eigenvalue weighted by Crippen LogP contribution is 2.39. The minimum absolute atomic E-state index is 0.713. The molecule has 2 rings (SSSR count). The molecule has 0 heterocycles. The summed E-state index contributed by atoms with van der Waals surface area (Å²) >= 11 is 0. The van der Waals surface area contributed by atoms with Crippen LogP contribution in [0.1, 0.15) is 50.5 Å². The minimum atomic E-state index is 0.713. The molecule has 1 aromatic carbocycles. The van der Waals surface area contributed by atoms with Crippen LogP contribution in [0.3, 0.4) is 0 Å². The first-order chi connectivity index (χ1) is 7.31. The first kappa shape index (κ1) is 10.5. The maximum Gasteiger partial charge on any atom is 0.0349 e. The molecule has 15 heavy (non-hydrogen) atoms. The molecule has 0 unspecified atom stereocenters. The van der Waals surface area contributed by atoms with Gasteiger partial charge in [0.1, 0.15) is 0 Å². The van der Waals surface area contributed by atoms with Gasteiger partial charge in [-0.15, -0.1) is 0 Å². The standard InChI is InChI=1S/C14H21N/c1-2-11-6-5-7-12(10-11)13-8-3-4-9-14(13)15/h3-4,8-9,11-12H,2,5-7,10,15H2,1H3/t11-,12-/m1/s1. The summed E-state index contributed by atoms with van der Waals surface area (Å²) in [4.78, 5) is 0. The summed E-state index contributed by atoms with van der Waals surface area (Å²) in [6, 6.07) is 8.38. The third kappa shape index (κ3) is 2.34. The molecule has 1 aliphatic rings. The molecule has 2 N–H and O–H groups in total. The quantitative estimate of drug-likeness (QED) is 0.723. The van der Waals surface area contributed by atoms with E-state index in [9.17, 15) is 0 Å². The first-order valence-corrected chi connectivity index (χ1v) is 6.15. The lowest BCUT2D eigenvalue weighted by Crippen LogP contribution is -2.14. The smallest absolute Gasteiger partial charge is 0.0349 e. The molecular formula is C14H21N. The van der Waals surface area contributed by atoms with E-state index in [1.54, 1.807) is 0 Å². The van der Waals surface area contributed by atoms with Gasteiger partial charge in [0, 0.05) is 5.69 Å². The monoisotopic (exact) mass is 203 g/mol. The van der Waals surface area contributed by atoms with Crippen molar-refractivity contribution in [2.24, 2.45) is 5.92 Å². The molecule has 2 atom stereocenters. The van der Waals surface area contributed by atoms with Crippen LogP contribution in [0.4, 0.5) is 5.69 Å². The van der Waals surface area contributed by atoms with Crippen molar-refractivity contribution >= 4 is 5.69 Å². The van der Waals surface area contributed by atoms with Crippen LogP contribution < -0.4 is 5.73 Å². The number of nitrogens with two attached hydrogens (primary N) is 1. The molecule has 0 spiro atoms. The molecule has 1 heteroatoms. The maximum atomic E-state index is 6.04. The number of anilines is 1. The van der Waals surface area contributed by atoms with E-state index < -0.39 is 0 Å². The number of nitrogen functional groups attached to an aromatic ring is 1. The van der Waals surface area contributed by atoms with Crippen molar-refractivity contribution in [3.63, 3.8) is 0 Å².